The molecule has 4 heteroatoms. The minimum Gasteiger partial charge on any atom is -0.469 e. The number of ether oxygens (including phenoxy) is 1. The van der Waals surface area contributed by atoms with Crippen molar-refractivity contribution < 1.29 is 31.7 Å². The number of carbonyl (C=O) groups is 1. The largest absolute Gasteiger partial charge is 2.00 e. The van der Waals surface area contributed by atoms with Gasteiger partial charge in [-0.1, -0.05) is 44.9 Å². The Morgan fingerprint density at radius 1 is 1.05 bits per heavy atom. The van der Waals surface area contributed by atoms with Gasteiger partial charge in [0.2, 0.25) is 0 Å². The van der Waals surface area contributed by atoms with Gasteiger partial charge in [-0.15, -0.1) is 0 Å². The van der Waals surface area contributed by atoms with Gasteiger partial charge < -0.3 is 24.7 Å². The first-order valence-corrected chi connectivity index (χ1v) is 6.99. The zero-order valence-electron chi connectivity index (χ0n) is 13.3. The quantitative estimate of drug-likeness (QED) is 0.485. The van der Waals surface area contributed by atoms with E-state index in [0.717, 1.165) is 12.8 Å². The van der Waals surface area contributed by atoms with E-state index in [1.807, 2.05) is 0 Å². The molecule has 122 valence electrons. The molecule has 0 amide bonds. The van der Waals surface area contributed by atoms with E-state index in [0.29, 0.717) is 5.92 Å². The summed E-state index contributed by atoms with van der Waals surface area (Å²) in [5.41, 5.74) is 0. The fraction of sp³-hybridized carbons (Fsp3) is 0.812. The molecule has 1 N–H and O–H groups in total. The van der Waals surface area contributed by atoms with Crippen LogP contribution in [0.25, 0.3) is 0 Å². The summed E-state index contributed by atoms with van der Waals surface area (Å²) in [6.45, 7) is 0. The van der Waals surface area contributed by atoms with Crippen molar-refractivity contribution in [2.75, 3.05) is 7.11 Å². The Morgan fingerprint density at radius 2 is 1.45 bits per heavy atom. The van der Waals surface area contributed by atoms with Crippen molar-refractivity contribution >= 4 is 5.97 Å². The molecule has 0 saturated heterocycles. The summed E-state index contributed by atoms with van der Waals surface area (Å²) in [7, 11) is 1.35. The number of aliphatic hydroxyl groups is 1. The van der Waals surface area contributed by atoms with Crippen molar-refractivity contribution in [3.05, 3.63) is 14.9 Å². The molecule has 2 saturated carbocycles. The number of rotatable bonds is 3. The average molecular weight is 328 g/mol. The second-order valence-corrected chi connectivity index (χ2v) is 5.16. The maximum atomic E-state index is 10.8. The molecule has 0 bridgehead atoms. The summed E-state index contributed by atoms with van der Waals surface area (Å²) in [5, 5.41) is 9.55. The Labute approximate surface area is 136 Å². The molecule has 2 aliphatic carbocycles. The molecule has 0 aromatic heterocycles. The average Bonchev–Trinajstić information content (AvgIpc) is 3.04. The molecule has 0 aromatic rings. The molecular weight excluding hydrogens is 296 g/mol. The minimum absolute atomic E-state index is 0. The Kier molecular flexibility index (Phi) is 19.1. The van der Waals surface area contributed by atoms with E-state index in [1.165, 1.54) is 52.1 Å². The van der Waals surface area contributed by atoms with Crippen LogP contribution in [0.2, 0.25) is 0 Å². The SMILES string of the molecule is C1CCCC1.COC(=O)CC(O)C1CCCC1.[CH3-].[CH3-].[Fe+2]. The van der Waals surface area contributed by atoms with E-state index in [4.69, 9.17) is 0 Å². The molecular formula is C16H32FeO3. The number of methoxy groups -OCH3 is 1. The van der Waals surface area contributed by atoms with Crippen LogP contribution in [0, 0.1) is 20.8 Å². The summed E-state index contributed by atoms with van der Waals surface area (Å²) >= 11 is 0. The molecule has 0 aliphatic heterocycles. The van der Waals surface area contributed by atoms with Gasteiger partial charge in [-0.05, 0) is 18.8 Å². The van der Waals surface area contributed by atoms with Crippen LogP contribution in [0.4, 0.5) is 0 Å². The second-order valence-electron chi connectivity index (χ2n) is 5.16. The fourth-order valence-corrected chi connectivity index (χ4v) is 2.65. The predicted octanol–water partition coefficient (Wildman–Crippen LogP) is 3.95. The first kappa shape index (κ1) is 24.9. The fourth-order valence-electron chi connectivity index (χ4n) is 2.65. The van der Waals surface area contributed by atoms with E-state index in [1.54, 1.807) is 0 Å². The minimum atomic E-state index is -0.486. The van der Waals surface area contributed by atoms with Crippen molar-refractivity contribution in [1.29, 1.82) is 0 Å². The van der Waals surface area contributed by atoms with Gasteiger partial charge >= 0.3 is 23.0 Å². The topological polar surface area (TPSA) is 46.5 Å². The maximum absolute atomic E-state index is 10.8. The van der Waals surface area contributed by atoms with Gasteiger partial charge in [0.25, 0.3) is 0 Å². The van der Waals surface area contributed by atoms with E-state index in [-0.39, 0.29) is 44.3 Å². The molecule has 0 radical (unpaired) electrons. The van der Waals surface area contributed by atoms with Crippen LogP contribution >= 0.6 is 0 Å². The molecule has 0 aromatic carbocycles. The number of hydrogen-bond donors (Lipinski definition) is 1. The van der Waals surface area contributed by atoms with Crippen LogP contribution in [0.5, 0.6) is 0 Å². The third kappa shape index (κ3) is 10.7. The van der Waals surface area contributed by atoms with Crippen molar-refractivity contribution in [2.45, 2.75) is 70.3 Å². The Hall–Kier alpha value is -0.0505. The monoisotopic (exact) mass is 328 g/mol. The Balaban J connectivity index is -0.000000312. The number of hydrogen-bond acceptors (Lipinski definition) is 3. The van der Waals surface area contributed by atoms with Crippen molar-refractivity contribution in [3.8, 4) is 0 Å². The number of esters is 1. The van der Waals surface area contributed by atoms with Gasteiger partial charge in [0.1, 0.15) is 0 Å². The van der Waals surface area contributed by atoms with Gasteiger partial charge in [-0.25, -0.2) is 0 Å². The van der Waals surface area contributed by atoms with Gasteiger partial charge in [-0.3, -0.25) is 4.79 Å². The first-order chi connectivity index (χ1) is 8.24. The van der Waals surface area contributed by atoms with Crippen LogP contribution in [0.1, 0.15) is 64.2 Å². The van der Waals surface area contributed by atoms with Gasteiger partial charge in [0.15, 0.2) is 0 Å². The molecule has 2 fully saturated rings. The predicted molar refractivity (Wildman–Crippen MR) is 80.5 cm³/mol. The van der Waals surface area contributed by atoms with E-state index < -0.39 is 6.10 Å². The van der Waals surface area contributed by atoms with Crippen LogP contribution in [-0.4, -0.2) is 24.3 Å². The molecule has 2 aliphatic rings. The summed E-state index contributed by atoms with van der Waals surface area (Å²) in [6, 6.07) is 0. The molecule has 0 heterocycles. The molecule has 2 rings (SSSR count). The Morgan fingerprint density at radius 3 is 1.80 bits per heavy atom. The van der Waals surface area contributed by atoms with Crippen molar-refractivity contribution in [2.24, 2.45) is 5.92 Å². The van der Waals surface area contributed by atoms with Crippen molar-refractivity contribution in [3.63, 3.8) is 0 Å². The van der Waals surface area contributed by atoms with Crippen molar-refractivity contribution in [1.82, 2.24) is 0 Å². The van der Waals surface area contributed by atoms with Gasteiger partial charge in [0, 0.05) is 0 Å². The first-order valence-electron chi connectivity index (χ1n) is 6.99. The molecule has 20 heavy (non-hydrogen) atoms. The van der Waals surface area contributed by atoms with Gasteiger partial charge in [-0.2, -0.15) is 0 Å². The third-order valence-corrected chi connectivity index (χ3v) is 3.80. The summed E-state index contributed by atoms with van der Waals surface area (Å²) in [5.74, 6) is 0.0125. The van der Waals surface area contributed by atoms with Crippen LogP contribution in [0.3, 0.4) is 0 Å². The smallest absolute Gasteiger partial charge is 0.469 e. The summed E-state index contributed by atoms with van der Waals surface area (Å²) in [6.07, 6.45) is 11.6. The molecule has 0 spiro atoms. The third-order valence-electron chi connectivity index (χ3n) is 3.80. The second kappa shape index (κ2) is 15.3. The Bertz CT molecular complexity index is 204. The number of carbonyl (C=O) groups excluding carboxylic acids is 1. The normalized spacial score (nSPS) is 18.5. The van der Waals surface area contributed by atoms with E-state index >= 15 is 0 Å². The number of aliphatic hydroxyl groups excluding tert-OH is 1. The molecule has 3 nitrogen and oxygen atoms in total. The summed E-state index contributed by atoms with van der Waals surface area (Å²) in [4.78, 5) is 10.8. The van der Waals surface area contributed by atoms with Crippen LogP contribution in [-0.2, 0) is 26.6 Å². The zero-order valence-corrected chi connectivity index (χ0v) is 14.4. The van der Waals surface area contributed by atoms with Crippen LogP contribution in [0.15, 0.2) is 0 Å². The standard InChI is InChI=1S/C9H16O3.C5H10.2CH3.Fe/c1-12-9(11)6-8(10)7-4-2-3-5-7;1-2-4-5-3-1;;;/h7-8,10H,2-6H2,1H3;1-5H2;2*1H3;/q;;2*-1;+2. The molecule has 1 atom stereocenters. The molecule has 1 unspecified atom stereocenters. The maximum Gasteiger partial charge on any atom is 2.00 e. The van der Waals surface area contributed by atoms with E-state index in [9.17, 15) is 9.90 Å². The van der Waals surface area contributed by atoms with E-state index in [2.05, 4.69) is 4.74 Å². The van der Waals surface area contributed by atoms with Gasteiger partial charge in [0.05, 0.1) is 19.6 Å². The van der Waals surface area contributed by atoms with Crippen LogP contribution < -0.4 is 0 Å². The summed E-state index contributed by atoms with van der Waals surface area (Å²) < 4.78 is 4.48. The zero-order chi connectivity index (χ0) is 12.5.